The van der Waals surface area contributed by atoms with Gasteiger partial charge in [0, 0.05) is 18.2 Å². The number of amidine groups is 1. The van der Waals surface area contributed by atoms with Gasteiger partial charge in [0.15, 0.2) is 5.84 Å². The monoisotopic (exact) mass is 287 g/mol. The van der Waals surface area contributed by atoms with Crippen LogP contribution in [0, 0.1) is 5.82 Å². The number of nitrogens with zero attached hydrogens (tertiary/aromatic N) is 1. The summed E-state index contributed by atoms with van der Waals surface area (Å²) in [5.41, 5.74) is 7.16. The molecular formula is C16H18FN3O. The lowest BCUT2D eigenvalue weighted by Gasteiger charge is -2.15. The number of halogens is 1. The van der Waals surface area contributed by atoms with Crippen LogP contribution in [0.4, 0.5) is 4.39 Å². The number of oxime groups is 1. The Hall–Kier alpha value is -2.40. The molecule has 0 spiro atoms. The number of rotatable bonds is 5. The van der Waals surface area contributed by atoms with E-state index in [-0.39, 0.29) is 17.4 Å². The highest BCUT2D eigenvalue weighted by Gasteiger charge is 2.12. The van der Waals surface area contributed by atoms with Crippen LogP contribution >= 0.6 is 0 Å². The summed E-state index contributed by atoms with van der Waals surface area (Å²) >= 11 is 0. The van der Waals surface area contributed by atoms with Crippen molar-refractivity contribution in [2.24, 2.45) is 10.9 Å². The molecule has 0 saturated carbocycles. The summed E-state index contributed by atoms with van der Waals surface area (Å²) in [6.07, 6.45) is 0. The Kier molecular flexibility index (Phi) is 4.90. The predicted molar refractivity (Wildman–Crippen MR) is 80.6 cm³/mol. The second-order valence-corrected chi connectivity index (χ2v) is 4.78. The normalized spacial score (nSPS) is 13.1. The number of nitrogens with two attached hydrogens (primary N) is 1. The quantitative estimate of drug-likeness (QED) is 0.343. The third-order valence-corrected chi connectivity index (χ3v) is 3.36. The van der Waals surface area contributed by atoms with Gasteiger partial charge >= 0.3 is 0 Å². The van der Waals surface area contributed by atoms with Crippen molar-refractivity contribution < 1.29 is 9.60 Å². The molecule has 0 aliphatic heterocycles. The third kappa shape index (κ3) is 3.58. The summed E-state index contributed by atoms with van der Waals surface area (Å²) in [6, 6.07) is 14.8. The summed E-state index contributed by atoms with van der Waals surface area (Å²) in [7, 11) is 0. The maximum Gasteiger partial charge on any atom is 0.173 e. The molecule has 5 heteroatoms. The summed E-state index contributed by atoms with van der Waals surface area (Å²) < 4.78 is 14.3. The van der Waals surface area contributed by atoms with Crippen LogP contribution < -0.4 is 11.1 Å². The Bertz CT molecular complexity index is 629. The second-order valence-electron chi connectivity index (χ2n) is 4.78. The van der Waals surface area contributed by atoms with Crippen LogP contribution in [0.5, 0.6) is 0 Å². The molecule has 0 fully saturated rings. The highest BCUT2D eigenvalue weighted by molar-refractivity contribution is 5.97. The fourth-order valence-corrected chi connectivity index (χ4v) is 2.09. The second kappa shape index (κ2) is 6.85. The molecule has 1 atom stereocenters. The molecule has 0 bridgehead atoms. The molecule has 2 rings (SSSR count). The van der Waals surface area contributed by atoms with Crippen LogP contribution in [0.25, 0.3) is 0 Å². The summed E-state index contributed by atoms with van der Waals surface area (Å²) in [5, 5.41) is 14.7. The molecule has 2 aromatic rings. The molecule has 0 amide bonds. The van der Waals surface area contributed by atoms with Crippen LogP contribution in [0.15, 0.2) is 53.7 Å². The van der Waals surface area contributed by atoms with Crippen LogP contribution in [0.1, 0.15) is 29.7 Å². The van der Waals surface area contributed by atoms with Gasteiger partial charge in [-0.05, 0) is 18.6 Å². The van der Waals surface area contributed by atoms with E-state index in [1.807, 2.05) is 37.3 Å². The van der Waals surface area contributed by atoms with Gasteiger partial charge in [-0.3, -0.25) is 0 Å². The lowest BCUT2D eigenvalue weighted by Crippen LogP contribution is -2.21. The molecule has 110 valence electrons. The van der Waals surface area contributed by atoms with Crippen LogP contribution in [0.2, 0.25) is 0 Å². The number of benzene rings is 2. The topological polar surface area (TPSA) is 70.6 Å². The first kappa shape index (κ1) is 15.0. The highest BCUT2D eigenvalue weighted by Crippen LogP contribution is 2.16. The number of nitrogens with one attached hydrogen (secondary N) is 1. The Morgan fingerprint density at radius 2 is 1.95 bits per heavy atom. The molecule has 4 nitrogen and oxygen atoms in total. The van der Waals surface area contributed by atoms with E-state index >= 15 is 0 Å². The van der Waals surface area contributed by atoms with E-state index < -0.39 is 5.82 Å². The lowest BCUT2D eigenvalue weighted by molar-refractivity contribution is 0.318. The van der Waals surface area contributed by atoms with Crippen molar-refractivity contribution in [1.82, 2.24) is 5.32 Å². The van der Waals surface area contributed by atoms with Crippen molar-refractivity contribution >= 4 is 5.84 Å². The van der Waals surface area contributed by atoms with Gasteiger partial charge in [-0.1, -0.05) is 47.6 Å². The largest absolute Gasteiger partial charge is 0.409 e. The van der Waals surface area contributed by atoms with E-state index in [1.54, 1.807) is 12.1 Å². The van der Waals surface area contributed by atoms with Gasteiger partial charge in [0.2, 0.25) is 0 Å². The van der Waals surface area contributed by atoms with Crippen molar-refractivity contribution in [3.05, 3.63) is 71.0 Å². The first-order valence-corrected chi connectivity index (χ1v) is 6.67. The Balaban J connectivity index is 2.11. The molecule has 0 saturated heterocycles. The maximum atomic E-state index is 14.3. The van der Waals surface area contributed by atoms with E-state index in [1.165, 1.54) is 6.07 Å². The van der Waals surface area contributed by atoms with Crippen LogP contribution in [-0.4, -0.2) is 11.0 Å². The Morgan fingerprint density at radius 1 is 1.24 bits per heavy atom. The van der Waals surface area contributed by atoms with Gasteiger partial charge in [0.1, 0.15) is 5.82 Å². The maximum absolute atomic E-state index is 14.3. The van der Waals surface area contributed by atoms with Gasteiger partial charge in [0.05, 0.1) is 5.56 Å². The van der Waals surface area contributed by atoms with E-state index in [4.69, 9.17) is 10.9 Å². The minimum Gasteiger partial charge on any atom is -0.409 e. The highest BCUT2D eigenvalue weighted by atomic mass is 19.1. The lowest BCUT2D eigenvalue weighted by atomic mass is 10.1. The summed E-state index contributed by atoms with van der Waals surface area (Å²) in [5.74, 6) is -0.703. The minimum atomic E-state index is -0.472. The van der Waals surface area contributed by atoms with Crippen molar-refractivity contribution in [3.8, 4) is 0 Å². The standard InChI is InChI=1S/C16H18FN3O/c1-11(12-6-3-2-4-7-12)19-10-13-8-5-9-14(15(13)17)16(18)20-21/h2-9,11,19,21H,10H2,1H3,(H2,18,20). The van der Waals surface area contributed by atoms with E-state index in [2.05, 4.69) is 10.5 Å². The SMILES string of the molecule is CC(NCc1cccc(/C(N)=N/O)c1F)c1ccccc1. The number of hydrogen-bond donors (Lipinski definition) is 3. The van der Waals surface area contributed by atoms with E-state index in [0.717, 1.165) is 5.56 Å². The molecule has 0 aliphatic carbocycles. The molecule has 4 N–H and O–H groups in total. The average molecular weight is 287 g/mol. The van der Waals surface area contributed by atoms with Crippen LogP contribution in [0.3, 0.4) is 0 Å². The van der Waals surface area contributed by atoms with Crippen molar-refractivity contribution in [3.63, 3.8) is 0 Å². The molecule has 0 aliphatic rings. The van der Waals surface area contributed by atoms with E-state index in [0.29, 0.717) is 12.1 Å². The molecule has 0 heterocycles. The van der Waals surface area contributed by atoms with Gasteiger partial charge in [-0.2, -0.15) is 0 Å². The van der Waals surface area contributed by atoms with Gasteiger partial charge in [-0.25, -0.2) is 4.39 Å². The minimum absolute atomic E-state index is 0.0955. The molecule has 0 aromatic heterocycles. The molecule has 2 aromatic carbocycles. The van der Waals surface area contributed by atoms with Gasteiger partial charge in [0.25, 0.3) is 0 Å². The fourth-order valence-electron chi connectivity index (χ4n) is 2.09. The fraction of sp³-hybridized carbons (Fsp3) is 0.188. The zero-order valence-corrected chi connectivity index (χ0v) is 11.8. The molecule has 21 heavy (non-hydrogen) atoms. The smallest absolute Gasteiger partial charge is 0.173 e. The zero-order valence-electron chi connectivity index (χ0n) is 11.8. The summed E-state index contributed by atoms with van der Waals surface area (Å²) in [4.78, 5) is 0. The Morgan fingerprint density at radius 3 is 2.62 bits per heavy atom. The van der Waals surface area contributed by atoms with Gasteiger partial charge in [-0.15, -0.1) is 0 Å². The first-order valence-electron chi connectivity index (χ1n) is 6.67. The van der Waals surface area contributed by atoms with Crippen LogP contribution in [-0.2, 0) is 6.54 Å². The van der Waals surface area contributed by atoms with E-state index in [9.17, 15) is 4.39 Å². The number of hydrogen-bond acceptors (Lipinski definition) is 3. The Labute approximate surface area is 123 Å². The van der Waals surface area contributed by atoms with Crippen molar-refractivity contribution in [2.45, 2.75) is 19.5 Å². The third-order valence-electron chi connectivity index (χ3n) is 3.36. The zero-order chi connectivity index (χ0) is 15.2. The van der Waals surface area contributed by atoms with Crippen molar-refractivity contribution in [2.75, 3.05) is 0 Å². The molecular weight excluding hydrogens is 269 g/mol. The predicted octanol–water partition coefficient (Wildman–Crippen LogP) is 2.77. The van der Waals surface area contributed by atoms with Gasteiger partial charge < -0.3 is 16.3 Å². The molecule has 1 unspecified atom stereocenters. The first-order chi connectivity index (χ1) is 10.1. The summed E-state index contributed by atoms with van der Waals surface area (Å²) in [6.45, 7) is 2.37. The molecule has 0 radical (unpaired) electrons. The average Bonchev–Trinajstić information content (AvgIpc) is 2.53. The van der Waals surface area contributed by atoms with Crippen molar-refractivity contribution in [1.29, 1.82) is 0 Å².